The fraction of sp³-hybridized carbons (Fsp3) is 0.462. The summed E-state index contributed by atoms with van der Waals surface area (Å²) in [5, 5.41) is 19.3. The van der Waals surface area contributed by atoms with Gasteiger partial charge in [0.15, 0.2) is 0 Å². The number of aliphatic hydroxyl groups is 1. The predicted octanol–water partition coefficient (Wildman–Crippen LogP) is 2.26. The number of nitriles is 1. The Bertz CT molecular complexity index is 1060. The summed E-state index contributed by atoms with van der Waals surface area (Å²) in [5.41, 5.74) is 4.96. The molecule has 1 amide bonds. The maximum absolute atomic E-state index is 13.4. The fourth-order valence-corrected chi connectivity index (χ4v) is 5.69. The first-order valence-electron chi connectivity index (χ1n) is 11.7. The van der Waals surface area contributed by atoms with E-state index in [9.17, 15) is 9.90 Å². The second-order valence-corrected chi connectivity index (χ2v) is 9.20. The largest absolute Gasteiger partial charge is 0.394 e. The maximum atomic E-state index is 13.4. The zero-order chi connectivity index (χ0) is 22.9. The van der Waals surface area contributed by atoms with Crippen LogP contribution in [-0.4, -0.2) is 79.9 Å². The number of amides is 1. The van der Waals surface area contributed by atoms with Crippen molar-refractivity contribution in [3.8, 4) is 17.2 Å². The van der Waals surface area contributed by atoms with Crippen molar-refractivity contribution >= 4 is 11.6 Å². The molecule has 7 nitrogen and oxygen atoms in total. The summed E-state index contributed by atoms with van der Waals surface area (Å²) in [6.45, 7) is 4.12. The number of morpholine rings is 1. The van der Waals surface area contributed by atoms with E-state index in [1.54, 1.807) is 0 Å². The van der Waals surface area contributed by atoms with Crippen LogP contribution in [0.5, 0.6) is 0 Å². The summed E-state index contributed by atoms with van der Waals surface area (Å²) >= 11 is 0. The van der Waals surface area contributed by atoms with Gasteiger partial charge in [-0.05, 0) is 47.4 Å². The lowest BCUT2D eigenvalue weighted by molar-refractivity contribution is -0.135. The monoisotopic (exact) mass is 446 g/mol. The van der Waals surface area contributed by atoms with Crippen LogP contribution in [0.3, 0.4) is 0 Å². The standard InChI is InChI=1S/C26H30N4O3/c1-28-23-7-6-20(19-4-2-18(15-27)3-5-19)14-22(23)26-21(24(28)17-31)8-9-30(26)25(32)16-29-10-12-33-13-11-29/h2-7,14,21,24,26,31H,8-13,16-17H2,1H3/t21-,24-,26-/m0/s1. The first-order valence-corrected chi connectivity index (χ1v) is 11.7. The van der Waals surface area contributed by atoms with Crippen molar-refractivity contribution in [3.05, 3.63) is 53.6 Å². The zero-order valence-electron chi connectivity index (χ0n) is 19.0. The summed E-state index contributed by atoms with van der Waals surface area (Å²) in [4.78, 5) is 19.8. The Morgan fingerprint density at radius 1 is 1.12 bits per heavy atom. The van der Waals surface area contributed by atoms with E-state index in [1.165, 1.54) is 0 Å². The van der Waals surface area contributed by atoms with Crippen LogP contribution < -0.4 is 4.90 Å². The highest BCUT2D eigenvalue weighted by molar-refractivity contribution is 5.80. The number of carbonyl (C=O) groups excluding carboxylic acids is 1. The predicted molar refractivity (Wildman–Crippen MR) is 126 cm³/mol. The van der Waals surface area contributed by atoms with E-state index < -0.39 is 0 Å². The van der Waals surface area contributed by atoms with Gasteiger partial charge in [-0.1, -0.05) is 18.2 Å². The van der Waals surface area contributed by atoms with Gasteiger partial charge in [0.05, 0.1) is 50.1 Å². The van der Waals surface area contributed by atoms with Crippen LogP contribution in [0.25, 0.3) is 11.1 Å². The van der Waals surface area contributed by atoms with Gasteiger partial charge in [0, 0.05) is 38.3 Å². The lowest BCUT2D eigenvalue weighted by Gasteiger charge is -2.45. The van der Waals surface area contributed by atoms with Gasteiger partial charge in [0.25, 0.3) is 0 Å². The quantitative estimate of drug-likeness (QED) is 0.776. The highest BCUT2D eigenvalue weighted by atomic mass is 16.5. The molecule has 2 aromatic carbocycles. The Kier molecular flexibility index (Phi) is 6.07. The molecule has 7 heteroatoms. The third-order valence-electron chi connectivity index (χ3n) is 7.48. The molecule has 0 radical (unpaired) electrons. The summed E-state index contributed by atoms with van der Waals surface area (Å²) in [5.74, 6) is 0.345. The summed E-state index contributed by atoms with van der Waals surface area (Å²) < 4.78 is 5.43. The average molecular weight is 447 g/mol. The Labute approximate surface area is 194 Å². The van der Waals surface area contributed by atoms with Crippen molar-refractivity contribution in [2.24, 2.45) is 5.92 Å². The van der Waals surface area contributed by atoms with Crippen molar-refractivity contribution < 1.29 is 14.6 Å². The minimum Gasteiger partial charge on any atom is -0.394 e. The van der Waals surface area contributed by atoms with E-state index in [2.05, 4.69) is 34.1 Å². The van der Waals surface area contributed by atoms with E-state index in [4.69, 9.17) is 10.00 Å². The van der Waals surface area contributed by atoms with E-state index in [0.29, 0.717) is 31.9 Å². The van der Waals surface area contributed by atoms with Crippen LogP contribution in [0, 0.1) is 17.2 Å². The minimum atomic E-state index is -0.0415. The second-order valence-electron chi connectivity index (χ2n) is 9.20. The van der Waals surface area contributed by atoms with Crippen molar-refractivity contribution in [2.45, 2.75) is 18.5 Å². The molecule has 3 aliphatic heterocycles. The number of nitrogens with zero attached hydrogens (tertiary/aromatic N) is 4. The zero-order valence-corrected chi connectivity index (χ0v) is 19.0. The van der Waals surface area contributed by atoms with Gasteiger partial charge in [0.2, 0.25) is 5.91 Å². The molecule has 0 aliphatic carbocycles. The number of carbonyl (C=O) groups is 1. The number of likely N-dealkylation sites (N-methyl/N-ethyl adjacent to an activating group) is 1. The van der Waals surface area contributed by atoms with E-state index in [1.807, 2.05) is 36.2 Å². The van der Waals surface area contributed by atoms with Crippen LogP contribution in [0.2, 0.25) is 0 Å². The second kappa shape index (κ2) is 9.14. The van der Waals surface area contributed by atoms with E-state index in [-0.39, 0.29) is 30.5 Å². The normalized spacial score (nSPS) is 24.8. The van der Waals surface area contributed by atoms with Crippen LogP contribution >= 0.6 is 0 Å². The Morgan fingerprint density at radius 2 is 1.85 bits per heavy atom. The topological polar surface area (TPSA) is 80.0 Å². The molecule has 172 valence electrons. The van der Waals surface area contributed by atoms with E-state index >= 15 is 0 Å². The lowest BCUT2D eigenvalue weighted by Crippen LogP contribution is -2.50. The van der Waals surface area contributed by atoms with Crippen molar-refractivity contribution in [2.75, 3.05) is 57.9 Å². The molecule has 3 atom stereocenters. The number of rotatable bonds is 4. The minimum absolute atomic E-state index is 0.00977. The number of aliphatic hydroxyl groups excluding tert-OH is 1. The molecule has 2 fully saturated rings. The summed E-state index contributed by atoms with van der Waals surface area (Å²) in [6, 6.07) is 16.1. The first kappa shape index (κ1) is 21.9. The SMILES string of the molecule is CN1c2ccc(-c3ccc(C#N)cc3)cc2[C@@H]2[C@@H](CCN2C(=O)CN2CCOCC2)[C@@H]1CO. The highest BCUT2D eigenvalue weighted by Crippen LogP contribution is 2.49. The molecule has 0 aromatic heterocycles. The number of anilines is 1. The molecule has 3 aliphatic rings. The molecule has 2 aromatic rings. The maximum Gasteiger partial charge on any atom is 0.237 e. The van der Waals surface area contributed by atoms with Gasteiger partial charge >= 0.3 is 0 Å². The van der Waals surface area contributed by atoms with Gasteiger partial charge in [-0.2, -0.15) is 5.26 Å². The van der Waals surface area contributed by atoms with Crippen molar-refractivity contribution in [1.29, 1.82) is 5.26 Å². The number of benzene rings is 2. The van der Waals surface area contributed by atoms with E-state index in [0.717, 1.165) is 41.9 Å². The molecule has 33 heavy (non-hydrogen) atoms. The fourth-order valence-electron chi connectivity index (χ4n) is 5.69. The third-order valence-corrected chi connectivity index (χ3v) is 7.48. The third kappa shape index (κ3) is 3.99. The van der Waals surface area contributed by atoms with Crippen LogP contribution in [0.4, 0.5) is 5.69 Å². The molecule has 5 rings (SSSR count). The smallest absolute Gasteiger partial charge is 0.237 e. The first-order chi connectivity index (χ1) is 16.1. The Hall–Kier alpha value is -2.92. The molecule has 0 unspecified atom stereocenters. The molecular formula is C26H30N4O3. The number of hydrogen-bond acceptors (Lipinski definition) is 6. The molecule has 1 N–H and O–H groups in total. The van der Waals surface area contributed by atoms with Gasteiger partial charge in [0.1, 0.15) is 0 Å². The molecular weight excluding hydrogens is 416 g/mol. The van der Waals surface area contributed by atoms with Gasteiger partial charge in [-0.3, -0.25) is 9.69 Å². The molecule has 0 saturated carbocycles. The van der Waals surface area contributed by atoms with Crippen molar-refractivity contribution in [1.82, 2.24) is 9.80 Å². The highest BCUT2D eigenvalue weighted by Gasteiger charge is 2.47. The number of ether oxygens (including phenoxy) is 1. The van der Waals surface area contributed by atoms with Gasteiger partial charge in [-0.25, -0.2) is 0 Å². The number of fused-ring (bicyclic) bond motifs is 3. The van der Waals surface area contributed by atoms with Gasteiger partial charge < -0.3 is 19.6 Å². The number of hydrogen-bond donors (Lipinski definition) is 1. The van der Waals surface area contributed by atoms with Crippen LogP contribution in [0.15, 0.2) is 42.5 Å². The molecule has 2 saturated heterocycles. The number of likely N-dealkylation sites (tertiary alicyclic amines) is 1. The Morgan fingerprint density at radius 3 is 2.55 bits per heavy atom. The molecule has 3 heterocycles. The van der Waals surface area contributed by atoms with Crippen LogP contribution in [0.1, 0.15) is 23.6 Å². The lowest BCUT2D eigenvalue weighted by atomic mass is 9.81. The van der Waals surface area contributed by atoms with Crippen LogP contribution in [-0.2, 0) is 9.53 Å². The summed E-state index contributed by atoms with van der Waals surface area (Å²) in [7, 11) is 2.04. The Balaban J connectivity index is 1.49. The average Bonchev–Trinajstić information content (AvgIpc) is 3.30. The molecule has 0 bridgehead atoms. The summed E-state index contributed by atoms with van der Waals surface area (Å²) in [6.07, 6.45) is 0.885. The molecule has 0 spiro atoms. The van der Waals surface area contributed by atoms with Gasteiger partial charge in [-0.15, -0.1) is 0 Å². The van der Waals surface area contributed by atoms with Crippen molar-refractivity contribution in [3.63, 3.8) is 0 Å².